The Bertz CT molecular complexity index is 401. The maximum atomic E-state index is 4.37. The molecule has 0 amide bonds. The molecular weight excluding hydrogens is 206 g/mol. The Balaban J connectivity index is 2.34. The van der Waals surface area contributed by atoms with Crippen LogP contribution < -0.4 is 0 Å². The highest BCUT2D eigenvalue weighted by molar-refractivity contribution is 6.12. The number of hydrogen-bond donors (Lipinski definition) is 0. The fourth-order valence-corrected chi connectivity index (χ4v) is 2.82. The number of nitrogens with zero attached hydrogens (tertiary/aromatic N) is 1. The standard InChI is InChI=1S/C16H21N/c1-3-14(13-9-5-4-6-10-13)15-11-7-8-12-16(15)17-2/h3,7-8,11-13H,1,4-6,9-10H2,2H3/b15-14+,17-16?. The molecule has 0 saturated heterocycles. The highest BCUT2D eigenvalue weighted by Gasteiger charge is 2.20. The lowest BCUT2D eigenvalue weighted by Crippen LogP contribution is -2.13. The summed E-state index contributed by atoms with van der Waals surface area (Å²) < 4.78 is 0. The van der Waals surface area contributed by atoms with Crippen molar-refractivity contribution < 1.29 is 0 Å². The number of aliphatic imine (C=N–C) groups is 1. The zero-order valence-corrected chi connectivity index (χ0v) is 10.7. The van der Waals surface area contributed by atoms with E-state index < -0.39 is 0 Å². The monoisotopic (exact) mass is 227 g/mol. The normalized spacial score (nSPS) is 26.3. The van der Waals surface area contributed by atoms with Gasteiger partial charge in [0.2, 0.25) is 0 Å². The molecule has 2 aliphatic rings. The van der Waals surface area contributed by atoms with Crippen LogP contribution in [0.1, 0.15) is 32.1 Å². The zero-order chi connectivity index (χ0) is 12.1. The molecule has 2 aliphatic carbocycles. The molecule has 2 rings (SSSR count). The Morgan fingerprint density at radius 2 is 1.94 bits per heavy atom. The lowest BCUT2D eigenvalue weighted by Gasteiger charge is -2.25. The second-order valence-electron chi connectivity index (χ2n) is 4.74. The highest BCUT2D eigenvalue weighted by atomic mass is 14.7. The van der Waals surface area contributed by atoms with Crippen LogP contribution in [-0.4, -0.2) is 12.8 Å². The van der Waals surface area contributed by atoms with E-state index in [4.69, 9.17) is 0 Å². The summed E-state index contributed by atoms with van der Waals surface area (Å²) in [6, 6.07) is 0. The molecule has 0 aromatic carbocycles. The van der Waals surface area contributed by atoms with Crippen LogP contribution in [-0.2, 0) is 0 Å². The van der Waals surface area contributed by atoms with Gasteiger partial charge in [-0.3, -0.25) is 4.99 Å². The number of hydrogen-bond acceptors (Lipinski definition) is 1. The predicted octanol–water partition coefficient (Wildman–Crippen LogP) is 4.25. The summed E-state index contributed by atoms with van der Waals surface area (Å²) in [5.74, 6) is 0.684. The van der Waals surface area contributed by atoms with Crippen molar-refractivity contribution in [2.24, 2.45) is 10.9 Å². The molecule has 0 N–H and O–H groups in total. The van der Waals surface area contributed by atoms with Crippen molar-refractivity contribution in [3.63, 3.8) is 0 Å². The molecule has 1 saturated carbocycles. The number of allylic oxidation sites excluding steroid dienone is 7. The van der Waals surface area contributed by atoms with Gasteiger partial charge in [-0.05, 0) is 30.4 Å². The summed E-state index contributed by atoms with van der Waals surface area (Å²) >= 11 is 0. The van der Waals surface area contributed by atoms with Crippen LogP contribution in [0.15, 0.2) is 53.1 Å². The first kappa shape index (κ1) is 12.1. The molecule has 1 heteroatoms. The van der Waals surface area contributed by atoms with Gasteiger partial charge in [-0.25, -0.2) is 0 Å². The molecule has 0 unspecified atom stereocenters. The molecule has 0 radical (unpaired) electrons. The van der Waals surface area contributed by atoms with Crippen LogP contribution in [0.4, 0.5) is 0 Å². The Labute approximate surface area is 104 Å². The minimum Gasteiger partial charge on any atom is -0.288 e. The van der Waals surface area contributed by atoms with Gasteiger partial charge >= 0.3 is 0 Å². The third-order valence-corrected chi connectivity index (χ3v) is 3.72. The topological polar surface area (TPSA) is 12.4 Å². The van der Waals surface area contributed by atoms with Gasteiger partial charge in [0.1, 0.15) is 0 Å². The molecular formula is C16H21N. The van der Waals surface area contributed by atoms with Crippen molar-refractivity contribution >= 4 is 5.71 Å². The van der Waals surface area contributed by atoms with Gasteiger partial charge in [-0.1, -0.05) is 50.1 Å². The minimum absolute atomic E-state index is 0.684. The van der Waals surface area contributed by atoms with Crippen LogP contribution in [0.3, 0.4) is 0 Å². The van der Waals surface area contributed by atoms with Crippen molar-refractivity contribution in [2.45, 2.75) is 32.1 Å². The molecule has 0 spiro atoms. The summed E-state index contributed by atoms with van der Waals surface area (Å²) in [7, 11) is 1.86. The van der Waals surface area contributed by atoms with Crippen LogP contribution in [0, 0.1) is 5.92 Å². The third kappa shape index (κ3) is 2.66. The first-order valence-corrected chi connectivity index (χ1v) is 6.55. The Morgan fingerprint density at radius 3 is 2.59 bits per heavy atom. The fraction of sp³-hybridized carbons (Fsp3) is 0.438. The van der Waals surface area contributed by atoms with E-state index in [9.17, 15) is 0 Å². The highest BCUT2D eigenvalue weighted by Crippen LogP contribution is 2.33. The molecule has 90 valence electrons. The molecule has 0 aromatic rings. The third-order valence-electron chi connectivity index (χ3n) is 3.72. The van der Waals surface area contributed by atoms with Crippen LogP contribution in [0.25, 0.3) is 0 Å². The van der Waals surface area contributed by atoms with Gasteiger partial charge in [0.05, 0.1) is 5.71 Å². The summed E-state index contributed by atoms with van der Waals surface area (Å²) in [6.45, 7) is 4.01. The lowest BCUT2D eigenvalue weighted by atomic mass is 9.80. The van der Waals surface area contributed by atoms with Gasteiger partial charge in [-0.2, -0.15) is 0 Å². The smallest absolute Gasteiger partial charge is 0.0646 e. The van der Waals surface area contributed by atoms with E-state index in [2.05, 4.69) is 29.8 Å². The van der Waals surface area contributed by atoms with E-state index in [1.165, 1.54) is 43.3 Å². The molecule has 1 fully saturated rings. The Kier molecular flexibility index (Phi) is 4.13. The van der Waals surface area contributed by atoms with Gasteiger partial charge in [0.15, 0.2) is 0 Å². The quantitative estimate of drug-likeness (QED) is 0.669. The van der Waals surface area contributed by atoms with E-state index >= 15 is 0 Å². The minimum atomic E-state index is 0.684. The van der Waals surface area contributed by atoms with Gasteiger partial charge < -0.3 is 0 Å². The lowest BCUT2D eigenvalue weighted by molar-refractivity contribution is 0.407. The molecule has 1 nitrogen and oxygen atoms in total. The van der Waals surface area contributed by atoms with E-state index in [1.54, 1.807) is 0 Å². The maximum Gasteiger partial charge on any atom is 0.0646 e. The van der Waals surface area contributed by atoms with Crippen molar-refractivity contribution in [1.82, 2.24) is 0 Å². The summed E-state index contributed by atoms with van der Waals surface area (Å²) in [6.07, 6.45) is 17.2. The average molecular weight is 227 g/mol. The second kappa shape index (κ2) is 5.81. The molecule has 0 bridgehead atoms. The van der Waals surface area contributed by atoms with E-state index in [1.807, 2.05) is 19.2 Å². The molecule has 0 atom stereocenters. The van der Waals surface area contributed by atoms with Gasteiger partial charge in [0, 0.05) is 12.6 Å². The number of rotatable bonds is 2. The van der Waals surface area contributed by atoms with Crippen molar-refractivity contribution in [3.8, 4) is 0 Å². The summed E-state index contributed by atoms with van der Waals surface area (Å²) in [5, 5.41) is 0. The zero-order valence-electron chi connectivity index (χ0n) is 10.7. The van der Waals surface area contributed by atoms with Crippen molar-refractivity contribution in [3.05, 3.63) is 48.1 Å². The van der Waals surface area contributed by atoms with Gasteiger partial charge in [0.25, 0.3) is 0 Å². The molecule has 0 aromatic heterocycles. The van der Waals surface area contributed by atoms with Crippen LogP contribution in [0.2, 0.25) is 0 Å². The summed E-state index contributed by atoms with van der Waals surface area (Å²) in [4.78, 5) is 4.37. The molecule has 17 heavy (non-hydrogen) atoms. The fourth-order valence-electron chi connectivity index (χ4n) is 2.82. The maximum absolute atomic E-state index is 4.37. The predicted molar refractivity (Wildman–Crippen MR) is 75.4 cm³/mol. The second-order valence-corrected chi connectivity index (χ2v) is 4.74. The largest absolute Gasteiger partial charge is 0.288 e. The van der Waals surface area contributed by atoms with Crippen LogP contribution >= 0.6 is 0 Å². The first-order valence-electron chi connectivity index (χ1n) is 6.55. The van der Waals surface area contributed by atoms with Crippen molar-refractivity contribution in [1.29, 1.82) is 0 Å². The Hall–Kier alpha value is -1.37. The van der Waals surface area contributed by atoms with E-state index in [0.717, 1.165) is 5.71 Å². The van der Waals surface area contributed by atoms with E-state index in [0.29, 0.717) is 5.92 Å². The SMILES string of the molecule is C=C/C(=C1/C=CC=CC1=NC)C1CCCCC1. The van der Waals surface area contributed by atoms with Crippen LogP contribution in [0.5, 0.6) is 0 Å². The van der Waals surface area contributed by atoms with E-state index in [-0.39, 0.29) is 0 Å². The van der Waals surface area contributed by atoms with Crippen molar-refractivity contribution in [2.75, 3.05) is 7.05 Å². The molecule has 0 aliphatic heterocycles. The Morgan fingerprint density at radius 1 is 1.24 bits per heavy atom. The molecule has 0 heterocycles. The van der Waals surface area contributed by atoms with Gasteiger partial charge in [-0.15, -0.1) is 0 Å². The average Bonchev–Trinajstić information content (AvgIpc) is 2.41. The first-order chi connectivity index (χ1) is 8.36. The summed E-state index contributed by atoms with van der Waals surface area (Å²) in [5.41, 5.74) is 3.76.